The zero-order chi connectivity index (χ0) is 16.3. The van der Waals surface area contributed by atoms with Gasteiger partial charge >= 0.3 is 0 Å². The van der Waals surface area contributed by atoms with E-state index in [0.717, 1.165) is 17.4 Å². The third-order valence-electron chi connectivity index (χ3n) is 3.80. The molecule has 0 bridgehead atoms. The number of carbonyl (C=O) groups is 1. The van der Waals surface area contributed by atoms with E-state index in [1.54, 1.807) is 16.4 Å². The number of halogens is 1. The molecule has 0 aliphatic carbocycles. The summed E-state index contributed by atoms with van der Waals surface area (Å²) in [4.78, 5) is 18.0. The molecule has 1 amide bonds. The lowest BCUT2D eigenvalue weighted by Crippen LogP contribution is -2.49. The minimum Gasteiger partial charge on any atom is -0.339 e. The van der Waals surface area contributed by atoms with E-state index in [2.05, 4.69) is 10.3 Å². The summed E-state index contributed by atoms with van der Waals surface area (Å²) in [7, 11) is -2.33. The number of likely N-dealkylation sites (N-methyl/N-ethyl adjacent to an activating group) is 1. The lowest BCUT2D eigenvalue weighted by atomic mass is 10.3. The van der Waals surface area contributed by atoms with Crippen LogP contribution >= 0.6 is 12.4 Å². The molecule has 0 saturated carbocycles. The van der Waals surface area contributed by atoms with Crippen LogP contribution in [0.1, 0.15) is 12.7 Å². The van der Waals surface area contributed by atoms with Crippen molar-refractivity contribution in [2.45, 2.75) is 25.4 Å². The number of hydrogen-bond acceptors (Lipinski definition) is 5. The van der Waals surface area contributed by atoms with Crippen molar-refractivity contribution >= 4 is 28.3 Å². The van der Waals surface area contributed by atoms with Crippen molar-refractivity contribution < 1.29 is 13.2 Å². The zero-order valence-corrected chi connectivity index (χ0v) is 15.3. The largest absolute Gasteiger partial charge is 0.339 e. The Balaban J connectivity index is 0.00000264. The van der Waals surface area contributed by atoms with Crippen molar-refractivity contribution in [3.63, 3.8) is 0 Å². The highest BCUT2D eigenvalue weighted by Gasteiger charge is 2.28. The number of sulfonamides is 1. The Hall–Kier alpha value is -1.16. The lowest BCUT2D eigenvalue weighted by molar-refractivity contribution is -0.131. The van der Waals surface area contributed by atoms with Gasteiger partial charge in [-0.25, -0.2) is 13.4 Å². The Kier molecular flexibility index (Phi) is 7.00. The number of imidazole rings is 1. The molecule has 1 N–H and O–H groups in total. The Morgan fingerprint density at radius 2 is 2.00 bits per heavy atom. The van der Waals surface area contributed by atoms with Crippen LogP contribution in [0.3, 0.4) is 0 Å². The Labute approximate surface area is 143 Å². The predicted molar refractivity (Wildman–Crippen MR) is 89.2 cm³/mol. The van der Waals surface area contributed by atoms with Crippen molar-refractivity contribution in [2.75, 3.05) is 39.8 Å². The number of aryl methyl sites for hydroxylation is 2. The highest BCUT2D eigenvalue weighted by atomic mass is 35.5. The zero-order valence-electron chi connectivity index (χ0n) is 13.7. The second kappa shape index (κ2) is 8.09. The quantitative estimate of drug-likeness (QED) is 0.773. The molecule has 1 saturated heterocycles. The molecule has 10 heteroatoms. The van der Waals surface area contributed by atoms with Gasteiger partial charge in [-0.15, -0.1) is 12.4 Å². The van der Waals surface area contributed by atoms with Gasteiger partial charge in [0, 0.05) is 46.0 Å². The first-order valence-electron chi connectivity index (χ1n) is 7.35. The van der Waals surface area contributed by atoms with Crippen LogP contribution in [-0.4, -0.2) is 72.9 Å². The van der Waals surface area contributed by atoms with E-state index in [1.807, 2.05) is 6.92 Å². The molecule has 132 valence electrons. The molecular formula is C13H24ClN5O3S. The first-order chi connectivity index (χ1) is 10.4. The Morgan fingerprint density at radius 3 is 2.52 bits per heavy atom. The van der Waals surface area contributed by atoms with Gasteiger partial charge in [-0.2, -0.15) is 4.31 Å². The van der Waals surface area contributed by atoms with Gasteiger partial charge in [0.25, 0.3) is 10.0 Å². The number of aromatic nitrogens is 2. The van der Waals surface area contributed by atoms with E-state index in [9.17, 15) is 13.2 Å². The topological polar surface area (TPSA) is 87.5 Å². The van der Waals surface area contributed by atoms with Crippen LogP contribution in [0.15, 0.2) is 11.2 Å². The average Bonchev–Trinajstić information content (AvgIpc) is 2.89. The second-order valence-electron chi connectivity index (χ2n) is 5.30. The summed E-state index contributed by atoms with van der Waals surface area (Å²) in [6, 6.07) is 0. The molecule has 0 atom stereocenters. The summed E-state index contributed by atoms with van der Waals surface area (Å²) in [5, 5.41) is 3.14. The number of rotatable bonds is 5. The first kappa shape index (κ1) is 19.9. The van der Waals surface area contributed by atoms with Crippen LogP contribution in [0.4, 0.5) is 0 Å². The summed E-state index contributed by atoms with van der Waals surface area (Å²) < 4.78 is 27.8. The molecule has 1 aliphatic rings. The highest BCUT2D eigenvalue weighted by molar-refractivity contribution is 7.89. The number of nitrogens with zero attached hydrogens (tertiary/aromatic N) is 4. The van der Waals surface area contributed by atoms with Crippen LogP contribution in [0.2, 0.25) is 0 Å². The molecule has 1 aromatic rings. The van der Waals surface area contributed by atoms with Crippen molar-refractivity contribution in [2.24, 2.45) is 0 Å². The second-order valence-corrected chi connectivity index (χ2v) is 7.30. The van der Waals surface area contributed by atoms with Gasteiger partial charge in [0.2, 0.25) is 5.91 Å². The van der Waals surface area contributed by atoms with Gasteiger partial charge < -0.3 is 14.8 Å². The number of carbonyl (C=O) groups excluding carboxylic acids is 1. The molecular weight excluding hydrogens is 342 g/mol. The number of piperazine rings is 1. The standard InChI is InChI=1S/C13H23N5O3S.ClH/c1-4-17-9-12(15-11(17)2)22(20,21)16(3)10-13(19)18-7-5-14-6-8-18;/h9,14H,4-8,10H2,1-3H3;1H. The Morgan fingerprint density at radius 1 is 1.39 bits per heavy atom. The van der Waals surface area contributed by atoms with Crippen LogP contribution in [-0.2, 0) is 21.4 Å². The molecule has 1 fully saturated rings. The van der Waals surface area contributed by atoms with Gasteiger partial charge in [0.15, 0.2) is 5.03 Å². The first-order valence-corrected chi connectivity index (χ1v) is 8.79. The molecule has 1 aliphatic heterocycles. The third-order valence-corrected chi connectivity index (χ3v) is 5.47. The smallest absolute Gasteiger partial charge is 0.262 e. The fourth-order valence-electron chi connectivity index (χ4n) is 2.37. The maximum absolute atomic E-state index is 12.5. The van der Waals surface area contributed by atoms with E-state index in [4.69, 9.17) is 0 Å². The van der Waals surface area contributed by atoms with Crippen LogP contribution in [0, 0.1) is 6.92 Å². The molecule has 0 spiro atoms. The van der Waals surface area contributed by atoms with E-state index < -0.39 is 10.0 Å². The van der Waals surface area contributed by atoms with Crippen LogP contribution in [0.5, 0.6) is 0 Å². The number of amides is 1. The van der Waals surface area contributed by atoms with E-state index in [1.165, 1.54) is 13.2 Å². The molecule has 0 unspecified atom stereocenters. The summed E-state index contributed by atoms with van der Waals surface area (Å²) in [6.45, 7) is 6.85. The van der Waals surface area contributed by atoms with Crippen molar-refractivity contribution in [1.29, 1.82) is 0 Å². The molecule has 8 nitrogen and oxygen atoms in total. The summed E-state index contributed by atoms with van der Waals surface area (Å²) in [6.07, 6.45) is 1.51. The van der Waals surface area contributed by atoms with Gasteiger partial charge in [-0.1, -0.05) is 0 Å². The van der Waals surface area contributed by atoms with Crippen molar-refractivity contribution in [3.8, 4) is 0 Å². The van der Waals surface area contributed by atoms with E-state index >= 15 is 0 Å². The van der Waals surface area contributed by atoms with Crippen LogP contribution < -0.4 is 5.32 Å². The van der Waals surface area contributed by atoms with Gasteiger partial charge in [-0.05, 0) is 13.8 Å². The fraction of sp³-hybridized carbons (Fsp3) is 0.692. The third kappa shape index (κ3) is 4.43. The molecule has 2 rings (SSSR count). The predicted octanol–water partition coefficient (Wildman–Crippen LogP) is -0.314. The minimum absolute atomic E-state index is 0. The van der Waals surface area contributed by atoms with E-state index in [-0.39, 0.29) is 29.9 Å². The number of nitrogens with one attached hydrogen (secondary N) is 1. The average molecular weight is 366 g/mol. The van der Waals surface area contributed by atoms with E-state index in [0.29, 0.717) is 25.5 Å². The maximum atomic E-state index is 12.5. The molecule has 0 radical (unpaired) electrons. The summed E-state index contributed by atoms with van der Waals surface area (Å²) in [5.74, 6) is 0.460. The fourth-order valence-corrected chi connectivity index (χ4v) is 3.48. The lowest BCUT2D eigenvalue weighted by Gasteiger charge is -2.28. The van der Waals surface area contributed by atoms with Gasteiger partial charge in [-0.3, -0.25) is 4.79 Å². The van der Waals surface area contributed by atoms with Gasteiger partial charge in [0.05, 0.1) is 6.54 Å². The SMILES string of the molecule is CCn1cc(S(=O)(=O)N(C)CC(=O)N2CCNCC2)nc1C.Cl. The normalized spacial score (nSPS) is 15.6. The molecule has 2 heterocycles. The minimum atomic E-state index is -3.75. The summed E-state index contributed by atoms with van der Waals surface area (Å²) >= 11 is 0. The molecule has 1 aromatic heterocycles. The summed E-state index contributed by atoms with van der Waals surface area (Å²) in [5.41, 5.74) is 0. The maximum Gasteiger partial charge on any atom is 0.262 e. The highest BCUT2D eigenvalue weighted by Crippen LogP contribution is 2.14. The number of hydrogen-bond donors (Lipinski definition) is 1. The molecule has 23 heavy (non-hydrogen) atoms. The van der Waals surface area contributed by atoms with Crippen molar-refractivity contribution in [3.05, 3.63) is 12.0 Å². The Bertz CT molecular complexity index is 640. The van der Waals surface area contributed by atoms with Gasteiger partial charge in [0.1, 0.15) is 5.82 Å². The van der Waals surface area contributed by atoms with Crippen LogP contribution in [0.25, 0.3) is 0 Å². The monoisotopic (exact) mass is 365 g/mol. The molecule has 0 aromatic carbocycles. The van der Waals surface area contributed by atoms with Crippen molar-refractivity contribution in [1.82, 2.24) is 24.1 Å².